The summed E-state index contributed by atoms with van der Waals surface area (Å²) in [6.07, 6.45) is 2.87. The van der Waals surface area contributed by atoms with Gasteiger partial charge in [0.25, 0.3) is 0 Å². The fraction of sp³-hybridized carbons (Fsp3) is 0.217. The molecule has 0 aliphatic rings. The minimum Gasteiger partial charge on any atom is -0.368 e. The molecule has 9 heteroatoms. The summed E-state index contributed by atoms with van der Waals surface area (Å²) in [5.74, 6) is 0.400. The van der Waals surface area contributed by atoms with E-state index in [2.05, 4.69) is 25.3 Å². The Morgan fingerprint density at radius 3 is 2.62 bits per heavy atom. The van der Waals surface area contributed by atoms with Gasteiger partial charge in [0.05, 0.1) is 6.54 Å². The molecule has 162 valence electrons. The van der Waals surface area contributed by atoms with Crippen molar-refractivity contribution in [1.82, 2.24) is 24.5 Å². The van der Waals surface area contributed by atoms with E-state index in [4.69, 9.17) is 5.73 Å². The lowest BCUT2D eigenvalue weighted by Crippen LogP contribution is -2.17. The fourth-order valence-corrected chi connectivity index (χ4v) is 3.37. The number of nitrogens with one attached hydrogen (secondary N) is 1. The first-order valence-electron chi connectivity index (χ1n) is 10.2. The summed E-state index contributed by atoms with van der Waals surface area (Å²) in [4.78, 5) is 41.9. The minimum atomic E-state index is -0.242. The van der Waals surface area contributed by atoms with Gasteiger partial charge < -0.3 is 20.4 Å². The molecule has 0 amide bonds. The van der Waals surface area contributed by atoms with Crippen LogP contribution in [-0.4, -0.2) is 42.6 Å². The Morgan fingerprint density at radius 2 is 1.94 bits per heavy atom. The number of benzene rings is 1. The Bertz CT molecular complexity index is 1270. The Hall–Kier alpha value is -4.14. The molecule has 9 nitrogen and oxygen atoms in total. The molecule has 1 atom stereocenters. The summed E-state index contributed by atoms with van der Waals surface area (Å²) in [7, 11) is 0. The van der Waals surface area contributed by atoms with E-state index in [1.165, 1.54) is 0 Å². The number of hydrogen-bond acceptors (Lipinski definition) is 8. The number of ketones is 1. The second kappa shape index (κ2) is 8.93. The zero-order valence-corrected chi connectivity index (χ0v) is 17.8. The number of carbonyl (C=O) groups excluding carboxylic acids is 2. The Labute approximate surface area is 184 Å². The number of nitrogen functional groups attached to an aromatic ring is 1. The molecule has 0 saturated carbocycles. The summed E-state index contributed by atoms with van der Waals surface area (Å²) in [6.45, 7) is 4.09. The van der Waals surface area contributed by atoms with Crippen LogP contribution in [0.1, 0.15) is 40.8 Å². The standard InChI is InChI=1S/C23H23N7O2/c1-14-8-9-16(12-25-14)13-30-21-18(20(28-23(24)29-21)26-15(2)10-11-31)27-22(30)19(32)17-6-4-3-5-7-17/h3-9,11-12,15H,10,13H2,1-2H3,(H3,24,26,28,29). The number of aromatic nitrogens is 5. The summed E-state index contributed by atoms with van der Waals surface area (Å²) < 4.78 is 1.73. The van der Waals surface area contributed by atoms with Crippen molar-refractivity contribution in [2.24, 2.45) is 0 Å². The van der Waals surface area contributed by atoms with Gasteiger partial charge in [0.1, 0.15) is 6.29 Å². The van der Waals surface area contributed by atoms with Gasteiger partial charge in [-0.1, -0.05) is 36.4 Å². The number of imidazole rings is 1. The lowest BCUT2D eigenvalue weighted by Gasteiger charge is -2.12. The number of pyridine rings is 1. The number of fused-ring (bicyclic) bond motifs is 1. The molecular weight excluding hydrogens is 406 g/mol. The first kappa shape index (κ1) is 21.1. The molecule has 1 aromatic carbocycles. The highest BCUT2D eigenvalue weighted by Crippen LogP contribution is 2.25. The molecule has 4 rings (SSSR count). The topological polar surface area (TPSA) is 129 Å². The van der Waals surface area contributed by atoms with Crippen molar-refractivity contribution in [3.8, 4) is 0 Å². The zero-order valence-electron chi connectivity index (χ0n) is 17.8. The van der Waals surface area contributed by atoms with Gasteiger partial charge in [-0.25, -0.2) is 4.98 Å². The molecule has 0 saturated heterocycles. The van der Waals surface area contributed by atoms with Gasteiger partial charge in [-0.2, -0.15) is 9.97 Å². The van der Waals surface area contributed by atoms with Crippen LogP contribution in [0.3, 0.4) is 0 Å². The molecule has 4 aromatic rings. The van der Waals surface area contributed by atoms with Crippen LogP contribution in [0.4, 0.5) is 11.8 Å². The maximum atomic E-state index is 13.4. The molecule has 1 unspecified atom stereocenters. The first-order chi connectivity index (χ1) is 15.5. The second-order valence-corrected chi connectivity index (χ2v) is 7.57. The Morgan fingerprint density at radius 1 is 1.16 bits per heavy atom. The first-order valence-corrected chi connectivity index (χ1v) is 10.2. The summed E-state index contributed by atoms with van der Waals surface area (Å²) in [5.41, 5.74) is 9.12. The Balaban J connectivity index is 1.88. The van der Waals surface area contributed by atoms with Crippen molar-refractivity contribution in [3.63, 3.8) is 0 Å². The number of aldehydes is 1. The summed E-state index contributed by atoms with van der Waals surface area (Å²) in [5, 5.41) is 3.16. The van der Waals surface area contributed by atoms with Gasteiger partial charge in [0.15, 0.2) is 22.8 Å². The highest BCUT2D eigenvalue weighted by Gasteiger charge is 2.23. The lowest BCUT2D eigenvalue weighted by molar-refractivity contribution is -0.107. The van der Waals surface area contributed by atoms with E-state index in [0.717, 1.165) is 17.5 Å². The molecular formula is C23H23N7O2. The molecule has 0 fully saturated rings. The number of nitrogens with zero attached hydrogens (tertiary/aromatic N) is 5. The SMILES string of the molecule is Cc1ccc(Cn2c(C(=O)c3ccccc3)nc3c(NC(C)CC=O)nc(N)nc32)cn1. The van der Waals surface area contributed by atoms with Crippen LogP contribution in [0.25, 0.3) is 11.2 Å². The molecule has 0 aliphatic carbocycles. The zero-order chi connectivity index (χ0) is 22.7. The van der Waals surface area contributed by atoms with E-state index in [-0.39, 0.29) is 30.0 Å². The summed E-state index contributed by atoms with van der Waals surface area (Å²) >= 11 is 0. The van der Waals surface area contributed by atoms with E-state index < -0.39 is 0 Å². The van der Waals surface area contributed by atoms with Crippen LogP contribution in [0.15, 0.2) is 48.7 Å². The van der Waals surface area contributed by atoms with Crippen LogP contribution in [-0.2, 0) is 11.3 Å². The average Bonchev–Trinajstić information content (AvgIpc) is 3.14. The van der Waals surface area contributed by atoms with E-state index in [1.54, 1.807) is 35.0 Å². The van der Waals surface area contributed by atoms with Gasteiger partial charge in [0, 0.05) is 29.9 Å². The highest BCUT2D eigenvalue weighted by atomic mass is 16.1. The Kier molecular flexibility index (Phi) is 5.89. The van der Waals surface area contributed by atoms with Crippen molar-refractivity contribution in [2.75, 3.05) is 11.1 Å². The molecule has 3 N–H and O–H groups in total. The van der Waals surface area contributed by atoms with E-state index in [0.29, 0.717) is 29.1 Å². The molecule has 0 spiro atoms. The van der Waals surface area contributed by atoms with Crippen molar-refractivity contribution < 1.29 is 9.59 Å². The fourth-order valence-electron chi connectivity index (χ4n) is 3.37. The van der Waals surface area contributed by atoms with Crippen molar-refractivity contribution in [3.05, 3.63) is 71.3 Å². The normalized spacial score (nSPS) is 11.9. The highest BCUT2D eigenvalue weighted by molar-refractivity contribution is 6.08. The van der Waals surface area contributed by atoms with Crippen LogP contribution >= 0.6 is 0 Å². The number of hydrogen-bond donors (Lipinski definition) is 2. The third-order valence-corrected chi connectivity index (χ3v) is 5.00. The molecule has 0 aliphatic heterocycles. The van der Waals surface area contributed by atoms with Crippen molar-refractivity contribution in [2.45, 2.75) is 32.9 Å². The maximum Gasteiger partial charge on any atom is 0.228 e. The van der Waals surface area contributed by atoms with E-state index in [9.17, 15) is 9.59 Å². The van der Waals surface area contributed by atoms with Crippen LogP contribution in [0, 0.1) is 6.92 Å². The number of rotatable bonds is 8. The van der Waals surface area contributed by atoms with Gasteiger partial charge >= 0.3 is 0 Å². The van der Waals surface area contributed by atoms with E-state index >= 15 is 0 Å². The van der Waals surface area contributed by atoms with Gasteiger partial charge in [-0.05, 0) is 25.5 Å². The van der Waals surface area contributed by atoms with Crippen molar-refractivity contribution >= 4 is 35.0 Å². The predicted octanol–water partition coefficient (Wildman–Crippen LogP) is 2.78. The van der Waals surface area contributed by atoms with Gasteiger partial charge in [-0.15, -0.1) is 0 Å². The predicted molar refractivity (Wildman–Crippen MR) is 121 cm³/mol. The van der Waals surface area contributed by atoms with Gasteiger partial charge in [-0.3, -0.25) is 9.78 Å². The third kappa shape index (κ3) is 4.31. The van der Waals surface area contributed by atoms with Crippen LogP contribution < -0.4 is 11.1 Å². The molecule has 3 heterocycles. The van der Waals surface area contributed by atoms with E-state index in [1.807, 2.05) is 32.0 Å². The maximum absolute atomic E-state index is 13.4. The molecule has 3 aromatic heterocycles. The average molecular weight is 429 g/mol. The molecule has 0 bridgehead atoms. The largest absolute Gasteiger partial charge is 0.368 e. The minimum absolute atomic E-state index is 0.0418. The van der Waals surface area contributed by atoms with Crippen LogP contribution in [0.2, 0.25) is 0 Å². The number of carbonyl (C=O) groups is 2. The number of anilines is 2. The second-order valence-electron chi connectivity index (χ2n) is 7.57. The number of nitrogens with two attached hydrogens (primary N) is 1. The quantitative estimate of drug-likeness (QED) is 0.323. The third-order valence-electron chi connectivity index (χ3n) is 5.00. The lowest BCUT2D eigenvalue weighted by atomic mass is 10.1. The molecule has 0 radical (unpaired) electrons. The molecule has 32 heavy (non-hydrogen) atoms. The van der Waals surface area contributed by atoms with Gasteiger partial charge in [0.2, 0.25) is 11.7 Å². The van der Waals surface area contributed by atoms with Crippen LogP contribution in [0.5, 0.6) is 0 Å². The monoisotopic (exact) mass is 429 g/mol. The van der Waals surface area contributed by atoms with Crippen molar-refractivity contribution in [1.29, 1.82) is 0 Å². The number of aryl methyl sites for hydroxylation is 1. The smallest absolute Gasteiger partial charge is 0.228 e. The summed E-state index contributed by atoms with van der Waals surface area (Å²) in [6, 6.07) is 12.6.